The Morgan fingerprint density at radius 2 is 1.86 bits per heavy atom. The van der Waals surface area contributed by atoms with E-state index >= 15 is 0 Å². The molecular formula is C19H26O3. The fourth-order valence-electron chi connectivity index (χ4n) is 6.33. The molecule has 0 aromatic carbocycles. The smallest absolute Gasteiger partial charge is 0.162 e. The van der Waals surface area contributed by atoms with Crippen LogP contribution < -0.4 is 0 Å². The lowest BCUT2D eigenvalue weighted by Gasteiger charge is -2.57. The number of carbonyl (C=O) groups excluding carboxylic acids is 2. The molecule has 0 heterocycles. The molecular weight excluding hydrogens is 276 g/mol. The van der Waals surface area contributed by atoms with Crippen LogP contribution >= 0.6 is 0 Å². The number of hydrogen-bond acceptors (Lipinski definition) is 3. The van der Waals surface area contributed by atoms with Crippen molar-refractivity contribution in [3.05, 3.63) is 11.6 Å². The number of ketones is 2. The van der Waals surface area contributed by atoms with Crippen LogP contribution in [0.4, 0.5) is 0 Å². The third kappa shape index (κ3) is 1.72. The predicted octanol–water partition coefficient (Wildman–Crippen LogP) is 3.06. The van der Waals surface area contributed by atoms with E-state index in [9.17, 15) is 14.7 Å². The molecule has 4 rings (SSSR count). The van der Waals surface area contributed by atoms with Crippen LogP contribution in [0.5, 0.6) is 0 Å². The zero-order chi connectivity index (χ0) is 15.7. The van der Waals surface area contributed by atoms with E-state index in [4.69, 9.17) is 0 Å². The van der Waals surface area contributed by atoms with Gasteiger partial charge in [0.25, 0.3) is 0 Å². The molecule has 4 aliphatic carbocycles. The molecule has 2 unspecified atom stereocenters. The molecule has 0 aromatic rings. The van der Waals surface area contributed by atoms with Gasteiger partial charge in [0.15, 0.2) is 11.6 Å². The number of hydrogen-bond donors (Lipinski definition) is 1. The minimum absolute atomic E-state index is 0.0541. The minimum Gasteiger partial charge on any atom is -0.385 e. The molecule has 22 heavy (non-hydrogen) atoms. The van der Waals surface area contributed by atoms with Gasteiger partial charge in [0.1, 0.15) is 6.10 Å². The Morgan fingerprint density at radius 3 is 2.64 bits per heavy atom. The average Bonchev–Trinajstić information content (AvgIpc) is 2.72. The van der Waals surface area contributed by atoms with E-state index in [0.717, 1.165) is 32.1 Å². The molecule has 3 heteroatoms. The minimum atomic E-state index is -0.754. The summed E-state index contributed by atoms with van der Waals surface area (Å²) < 4.78 is 0. The summed E-state index contributed by atoms with van der Waals surface area (Å²) in [4.78, 5) is 23.9. The van der Waals surface area contributed by atoms with Gasteiger partial charge in [-0.2, -0.15) is 0 Å². The zero-order valence-electron chi connectivity index (χ0n) is 13.6. The first kappa shape index (κ1) is 14.6. The quantitative estimate of drug-likeness (QED) is 0.748. The lowest BCUT2D eigenvalue weighted by atomic mass is 9.47. The van der Waals surface area contributed by atoms with Gasteiger partial charge >= 0.3 is 0 Å². The summed E-state index contributed by atoms with van der Waals surface area (Å²) in [5.41, 5.74) is 1.30. The van der Waals surface area contributed by atoms with E-state index in [1.807, 2.05) is 6.08 Å². The second-order valence-electron chi connectivity index (χ2n) is 8.59. The van der Waals surface area contributed by atoms with E-state index in [2.05, 4.69) is 13.8 Å². The Hall–Kier alpha value is -0.960. The summed E-state index contributed by atoms with van der Waals surface area (Å²) in [6, 6.07) is 0. The number of Topliss-reactive ketones (excluding diaryl/α,β-unsaturated/α-hetero) is 1. The van der Waals surface area contributed by atoms with Crippen LogP contribution in [0.2, 0.25) is 0 Å². The van der Waals surface area contributed by atoms with E-state index in [1.165, 1.54) is 5.57 Å². The number of allylic oxidation sites excluding steroid dienone is 1. The summed E-state index contributed by atoms with van der Waals surface area (Å²) in [6.45, 7) is 4.47. The average molecular weight is 302 g/mol. The molecule has 0 aliphatic heterocycles. The first-order chi connectivity index (χ1) is 10.4. The highest BCUT2D eigenvalue weighted by molar-refractivity contribution is 5.91. The molecule has 3 saturated carbocycles. The van der Waals surface area contributed by atoms with E-state index in [-0.39, 0.29) is 22.4 Å². The predicted molar refractivity (Wildman–Crippen MR) is 83.1 cm³/mol. The van der Waals surface area contributed by atoms with Crippen molar-refractivity contribution in [2.75, 3.05) is 0 Å². The van der Waals surface area contributed by atoms with Gasteiger partial charge in [-0.1, -0.05) is 19.4 Å². The first-order valence-electron chi connectivity index (χ1n) is 8.81. The number of aliphatic hydroxyl groups is 1. The van der Waals surface area contributed by atoms with Gasteiger partial charge in [-0.25, -0.2) is 0 Å². The lowest BCUT2D eigenvalue weighted by Crippen LogP contribution is -2.51. The maximum Gasteiger partial charge on any atom is 0.162 e. The summed E-state index contributed by atoms with van der Waals surface area (Å²) in [5.74, 6) is 1.80. The normalized spacial score (nSPS) is 51.0. The second-order valence-corrected chi connectivity index (χ2v) is 8.59. The molecule has 0 spiro atoms. The molecule has 4 aliphatic rings. The van der Waals surface area contributed by atoms with E-state index in [0.29, 0.717) is 30.6 Å². The fraction of sp³-hybridized carbons (Fsp3) is 0.789. The molecule has 0 aromatic heterocycles. The van der Waals surface area contributed by atoms with Crippen molar-refractivity contribution in [3.63, 3.8) is 0 Å². The van der Waals surface area contributed by atoms with Gasteiger partial charge in [-0.15, -0.1) is 0 Å². The Bertz CT molecular complexity index is 577. The van der Waals surface area contributed by atoms with Gasteiger partial charge < -0.3 is 5.11 Å². The molecule has 0 amide bonds. The third-order valence-corrected chi connectivity index (χ3v) is 7.75. The van der Waals surface area contributed by atoms with Crippen LogP contribution in [-0.2, 0) is 9.59 Å². The van der Waals surface area contributed by atoms with Crippen LogP contribution in [0, 0.1) is 28.6 Å². The second kappa shape index (κ2) is 4.53. The van der Waals surface area contributed by atoms with Crippen LogP contribution in [0.3, 0.4) is 0 Å². The molecule has 0 saturated heterocycles. The number of rotatable bonds is 0. The van der Waals surface area contributed by atoms with Gasteiger partial charge in [-0.3, -0.25) is 9.59 Å². The summed E-state index contributed by atoms with van der Waals surface area (Å²) in [5, 5.41) is 10.4. The molecule has 1 N–H and O–H groups in total. The van der Waals surface area contributed by atoms with E-state index < -0.39 is 6.10 Å². The van der Waals surface area contributed by atoms with Crippen molar-refractivity contribution in [2.24, 2.45) is 28.6 Å². The van der Waals surface area contributed by atoms with Crippen molar-refractivity contribution in [3.8, 4) is 0 Å². The van der Waals surface area contributed by atoms with Crippen molar-refractivity contribution in [2.45, 2.75) is 64.9 Å². The molecule has 120 valence electrons. The van der Waals surface area contributed by atoms with Crippen LogP contribution in [0.25, 0.3) is 0 Å². The van der Waals surface area contributed by atoms with Gasteiger partial charge in [-0.05, 0) is 61.3 Å². The highest BCUT2D eigenvalue weighted by Gasteiger charge is 2.61. The Kier molecular flexibility index (Phi) is 3.01. The van der Waals surface area contributed by atoms with E-state index in [1.54, 1.807) is 0 Å². The number of carbonyl (C=O) groups is 2. The van der Waals surface area contributed by atoms with Gasteiger partial charge in [0.05, 0.1) is 0 Å². The number of fused-ring (bicyclic) bond motifs is 5. The summed E-state index contributed by atoms with van der Waals surface area (Å²) in [7, 11) is 0. The SMILES string of the molecule is C[C@]12CCC(=O)C=C1CC[C@@H]1C2CC[C@@]2(C)C1CC(=O)[C@@H]2O. The van der Waals surface area contributed by atoms with Crippen LogP contribution in [0.15, 0.2) is 11.6 Å². The monoisotopic (exact) mass is 302 g/mol. The zero-order valence-corrected chi connectivity index (χ0v) is 13.6. The maximum atomic E-state index is 12.1. The Balaban J connectivity index is 1.70. The molecule has 0 bridgehead atoms. The van der Waals surface area contributed by atoms with Crippen LogP contribution in [-0.4, -0.2) is 22.8 Å². The Labute approximate surface area is 132 Å². The molecule has 3 fully saturated rings. The van der Waals surface area contributed by atoms with Crippen molar-refractivity contribution in [1.82, 2.24) is 0 Å². The summed E-state index contributed by atoms with van der Waals surface area (Å²) >= 11 is 0. The molecule has 3 nitrogen and oxygen atoms in total. The van der Waals surface area contributed by atoms with Crippen LogP contribution in [0.1, 0.15) is 58.8 Å². The Morgan fingerprint density at radius 1 is 1.09 bits per heavy atom. The summed E-state index contributed by atoms with van der Waals surface area (Å²) in [6.07, 6.45) is 7.49. The first-order valence-corrected chi connectivity index (χ1v) is 8.81. The van der Waals surface area contributed by atoms with Crippen molar-refractivity contribution >= 4 is 11.6 Å². The largest absolute Gasteiger partial charge is 0.385 e. The highest BCUT2D eigenvalue weighted by atomic mass is 16.3. The topological polar surface area (TPSA) is 54.4 Å². The van der Waals surface area contributed by atoms with Crippen molar-refractivity contribution < 1.29 is 14.7 Å². The van der Waals surface area contributed by atoms with Crippen molar-refractivity contribution in [1.29, 1.82) is 0 Å². The molecule has 0 radical (unpaired) electrons. The molecule has 6 atom stereocenters. The highest BCUT2D eigenvalue weighted by Crippen LogP contribution is 2.64. The standard InChI is InChI=1S/C19H26O3/c1-18-7-5-12(20)9-11(18)3-4-13-14(18)6-8-19(2)15(13)10-16(21)17(19)22/h9,13-15,17,22H,3-8,10H2,1-2H3/t13-,14?,15?,17+,18+,19+/m1/s1. The lowest BCUT2D eigenvalue weighted by molar-refractivity contribution is -0.129. The van der Waals surface area contributed by atoms with Gasteiger partial charge in [0.2, 0.25) is 0 Å². The maximum absolute atomic E-state index is 12.1. The fourth-order valence-corrected chi connectivity index (χ4v) is 6.33. The third-order valence-electron chi connectivity index (χ3n) is 7.75. The van der Waals surface area contributed by atoms with Gasteiger partial charge in [0, 0.05) is 18.3 Å². The number of aliphatic hydroxyl groups excluding tert-OH is 1.